The van der Waals surface area contributed by atoms with Crippen LogP contribution in [0.1, 0.15) is 12.0 Å². The van der Waals surface area contributed by atoms with Gasteiger partial charge >= 0.3 is 5.63 Å². The average Bonchev–Trinajstić information content (AvgIpc) is 2.66. The van der Waals surface area contributed by atoms with E-state index in [4.69, 9.17) is 13.9 Å². The highest BCUT2D eigenvalue weighted by molar-refractivity contribution is 5.79. The molecule has 0 saturated heterocycles. The van der Waals surface area contributed by atoms with Crippen molar-refractivity contribution in [2.24, 2.45) is 0 Å². The molecule has 0 fully saturated rings. The maximum absolute atomic E-state index is 11.9. The van der Waals surface area contributed by atoms with Gasteiger partial charge in [-0.25, -0.2) is 4.79 Å². The summed E-state index contributed by atoms with van der Waals surface area (Å²) in [6, 6.07) is 16.0. The fourth-order valence-electron chi connectivity index (χ4n) is 2.53. The first-order valence-electron chi connectivity index (χ1n) is 8.73. The van der Waals surface area contributed by atoms with E-state index in [1.807, 2.05) is 31.2 Å². The summed E-state index contributed by atoms with van der Waals surface area (Å²) < 4.78 is 16.2. The molecule has 1 heterocycles. The fourth-order valence-corrected chi connectivity index (χ4v) is 2.53. The second-order valence-electron chi connectivity index (χ2n) is 6.11. The number of hydrogen-bond acceptors (Lipinski definition) is 5. The Morgan fingerprint density at radius 2 is 1.85 bits per heavy atom. The molecule has 0 radical (unpaired) electrons. The van der Waals surface area contributed by atoms with E-state index in [-0.39, 0.29) is 12.5 Å². The van der Waals surface area contributed by atoms with Gasteiger partial charge in [-0.15, -0.1) is 0 Å². The first kappa shape index (κ1) is 18.5. The standard InChI is InChI=1S/C21H21NO5/c1-15-4-2-5-17(12-15)25-11-3-10-22-20(23)14-26-18-8-6-16-7-9-21(24)27-19(16)13-18/h2,4-9,12-13H,3,10-11,14H2,1H3,(H,22,23). The van der Waals surface area contributed by atoms with Crippen molar-refractivity contribution >= 4 is 16.9 Å². The highest BCUT2D eigenvalue weighted by atomic mass is 16.5. The van der Waals surface area contributed by atoms with Crippen LogP contribution in [0.25, 0.3) is 11.0 Å². The Kier molecular flexibility index (Phi) is 6.10. The summed E-state index contributed by atoms with van der Waals surface area (Å²) in [6.45, 7) is 2.92. The number of nitrogens with one attached hydrogen (secondary N) is 1. The summed E-state index contributed by atoms with van der Waals surface area (Å²) in [7, 11) is 0. The minimum absolute atomic E-state index is 0.110. The molecule has 0 unspecified atom stereocenters. The smallest absolute Gasteiger partial charge is 0.336 e. The lowest BCUT2D eigenvalue weighted by Crippen LogP contribution is -2.30. The minimum Gasteiger partial charge on any atom is -0.494 e. The highest BCUT2D eigenvalue weighted by Crippen LogP contribution is 2.19. The van der Waals surface area contributed by atoms with Crippen LogP contribution in [0.2, 0.25) is 0 Å². The zero-order valence-corrected chi connectivity index (χ0v) is 15.1. The van der Waals surface area contributed by atoms with Crippen molar-refractivity contribution in [1.29, 1.82) is 0 Å². The molecule has 140 valence electrons. The molecule has 3 aromatic rings. The molecule has 1 N–H and O–H groups in total. The van der Waals surface area contributed by atoms with Crippen LogP contribution in [0.4, 0.5) is 0 Å². The van der Waals surface area contributed by atoms with Crippen LogP contribution in [-0.2, 0) is 4.79 Å². The van der Waals surface area contributed by atoms with Crippen molar-refractivity contribution in [2.75, 3.05) is 19.8 Å². The lowest BCUT2D eigenvalue weighted by molar-refractivity contribution is -0.123. The van der Waals surface area contributed by atoms with Gasteiger partial charge in [-0.05, 0) is 49.2 Å². The summed E-state index contributed by atoms with van der Waals surface area (Å²) in [5, 5.41) is 3.57. The molecule has 1 aromatic heterocycles. The maximum atomic E-state index is 11.9. The van der Waals surface area contributed by atoms with Gasteiger partial charge in [0.05, 0.1) is 6.61 Å². The molecular weight excluding hydrogens is 346 g/mol. The van der Waals surface area contributed by atoms with E-state index >= 15 is 0 Å². The Labute approximate surface area is 156 Å². The van der Waals surface area contributed by atoms with Gasteiger partial charge in [-0.2, -0.15) is 0 Å². The monoisotopic (exact) mass is 367 g/mol. The van der Waals surface area contributed by atoms with Crippen LogP contribution >= 0.6 is 0 Å². The van der Waals surface area contributed by atoms with E-state index in [1.54, 1.807) is 24.3 Å². The summed E-state index contributed by atoms with van der Waals surface area (Å²) in [4.78, 5) is 23.1. The van der Waals surface area contributed by atoms with Crippen LogP contribution in [0.15, 0.2) is 63.8 Å². The zero-order valence-electron chi connectivity index (χ0n) is 15.1. The molecule has 0 bridgehead atoms. The fraction of sp³-hybridized carbons (Fsp3) is 0.238. The van der Waals surface area contributed by atoms with Gasteiger partial charge in [0.15, 0.2) is 6.61 Å². The molecule has 3 rings (SSSR count). The van der Waals surface area contributed by atoms with Crippen molar-refractivity contribution in [1.82, 2.24) is 5.32 Å². The number of fused-ring (bicyclic) bond motifs is 1. The van der Waals surface area contributed by atoms with E-state index < -0.39 is 5.63 Å². The normalized spacial score (nSPS) is 10.6. The maximum Gasteiger partial charge on any atom is 0.336 e. The lowest BCUT2D eigenvalue weighted by atomic mass is 10.2. The van der Waals surface area contributed by atoms with Crippen LogP contribution in [0.3, 0.4) is 0 Å². The van der Waals surface area contributed by atoms with E-state index in [0.29, 0.717) is 30.9 Å². The molecule has 1 amide bonds. The molecule has 0 aliphatic rings. The average molecular weight is 367 g/mol. The topological polar surface area (TPSA) is 77.8 Å². The molecule has 27 heavy (non-hydrogen) atoms. The van der Waals surface area contributed by atoms with E-state index in [2.05, 4.69) is 5.32 Å². The Balaban J connectivity index is 1.37. The van der Waals surface area contributed by atoms with Gasteiger partial charge in [0, 0.05) is 24.1 Å². The molecule has 0 aliphatic carbocycles. The van der Waals surface area contributed by atoms with Crippen LogP contribution in [0, 0.1) is 6.92 Å². The second kappa shape index (κ2) is 8.89. The Hall–Kier alpha value is -3.28. The van der Waals surface area contributed by atoms with E-state index in [9.17, 15) is 9.59 Å². The van der Waals surface area contributed by atoms with Gasteiger partial charge in [0.2, 0.25) is 0 Å². The Bertz CT molecular complexity index is 979. The third kappa shape index (κ3) is 5.60. The molecule has 6 heteroatoms. The van der Waals surface area contributed by atoms with Crippen molar-refractivity contribution < 1.29 is 18.7 Å². The third-order valence-electron chi connectivity index (χ3n) is 3.87. The first-order valence-corrected chi connectivity index (χ1v) is 8.73. The van der Waals surface area contributed by atoms with Crippen molar-refractivity contribution in [2.45, 2.75) is 13.3 Å². The molecular formula is C21H21NO5. The predicted molar refractivity (Wildman–Crippen MR) is 102 cm³/mol. The number of amides is 1. The number of benzene rings is 2. The van der Waals surface area contributed by atoms with Gasteiger partial charge in [0.25, 0.3) is 5.91 Å². The van der Waals surface area contributed by atoms with Gasteiger partial charge in [0.1, 0.15) is 17.1 Å². The number of carbonyl (C=O) groups is 1. The summed E-state index contributed by atoms with van der Waals surface area (Å²) >= 11 is 0. The number of carbonyl (C=O) groups excluding carboxylic acids is 1. The number of aryl methyl sites for hydroxylation is 1. The molecule has 0 aliphatic heterocycles. The highest BCUT2D eigenvalue weighted by Gasteiger charge is 2.05. The largest absolute Gasteiger partial charge is 0.494 e. The van der Waals surface area contributed by atoms with Crippen molar-refractivity contribution in [3.05, 3.63) is 70.6 Å². The van der Waals surface area contributed by atoms with Crippen molar-refractivity contribution in [3.63, 3.8) is 0 Å². The molecule has 6 nitrogen and oxygen atoms in total. The Morgan fingerprint density at radius 1 is 1.04 bits per heavy atom. The zero-order chi connectivity index (χ0) is 19.1. The number of ether oxygens (including phenoxy) is 2. The molecule has 0 saturated carbocycles. The summed E-state index contributed by atoms with van der Waals surface area (Å²) in [6.07, 6.45) is 0.695. The van der Waals surface area contributed by atoms with E-state index in [1.165, 1.54) is 6.07 Å². The number of rotatable bonds is 8. The van der Waals surface area contributed by atoms with Gasteiger partial charge in [-0.3, -0.25) is 4.79 Å². The SMILES string of the molecule is Cc1cccc(OCCCNC(=O)COc2ccc3ccc(=O)oc3c2)c1. The van der Waals surface area contributed by atoms with Gasteiger partial charge in [-0.1, -0.05) is 12.1 Å². The molecule has 0 atom stereocenters. The van der Waals surface area contributed by atoms with Crippen LogP contribution < -0.4 is 20.4 Å². The third-order valence-corrected chi connectivity index (χ3v) is 3.87. The predicted octanol–water partition coefficient (Wildman–Crippen LogP) is 3.07. The lowest BCUT2D eigenvalue weighted by Gasteiger charge is -2.09. The first-order chi connectivity index (χ1) is 13.1. The molecule has 2 aromatic carbocycles. The Morgan fingerprint density at radius 3 is 2.70 bits per heavy atom. The second-order valence-corrected chi connectivity index (χ2v) is 6.11. The van der Waals surface area contributed by atoms with Crippen LogP contribution in [0.5, 0.6) is 11.5 Å². The number of hydrogen-bond donors (Lipinski definition) is 1. The minimum atomic E-state index is -0.426. The van der Waals surface area contributed by atoms with E-state index in [0.717, 1.165) is 16.7 Å². The van der Waals surface area contributed by atoms with Crippen molar-refractivity contribution in [3.8, 4) is 11.5 Å². The van der Waals surface area contributed by atoms with Crippen LogP contribution in [-0.4, -0.2) is 25.7 Å². The quantitative estimate of drug-likeness (QED) is 0.489. The van der Waals surface area contributed by atoms with Gasteiger partial charge < -0.3 is 19.2 Å². The molecule has 0 spiro atoms. The summed E-state index contributed by atoms with van der Waals surface area (Å²) in [5.41, 5.74) is 1.14. The summed E-state index contributed by atoms with van der Waals surface area (Å²) in [5.74, 6) is 1.07.